The first-order chi connectivity index (χ1) is 7.31. The Balaban J connectivity index is 2.19. The number of furan rings is 1. The van der Waals surface area contributed by atoms with Crippen LogP contribution in [0.5, 0.6) is 0 Å². The molecule has 15 heavy (non-hydrogen) atoms. The number of carbonyl (C=O) groups is 1. The molecular formula is C11H12N2O2. The van der Waals surface area contributed by atoms with Gasteiger partial charge in [0, 0.05) is 12.7 Å². The second-order valence-corrected chi connectivity index (χ2v) is 3.30. The predicted octanol–water partition coefficient (Wildman–Crippen LogP) is 2.12. The minimum atomic E-state index is -0.123. The Kier molecular flexibility index (Phi) is 2.67. The number of hydrogen-bond acceptors (Lipinski definition) is 3. The van der Waals surface area contributed by atoms with Crippen LogP contribution in [-0.4, -0.2) is 15.6 Å². The number of aromatic nitrogens is 2. The van der Waals surface area contributed by atoms with E-state index >= 15 is 0 Å². The number of hydrogen-bond donors (Lipinski definition) is 0. The van der Waals surface area contributed by atoms with Gasteiger partial charge >= 0.3 is 0 Å². The molecule has 4 heteroatoms. The lowest BCUT2D eigenvalue weighted by Gasteiger charge is -1.94. The Morgan fingerprint density at radius 2 is 2.47 bits per heavy atom. The first kappa shape index (κ1) is 9.71. The molecule has 0 aliphatic heterocycles. The van der Waals surface area contributed by atoms with E-state index in [2.05, 4.69) is 12.0 Å². The van der Waals surface area contributed by atoms with Gasteiger partial charge in [-0.15, -0.1) is 0 Å². The zero-order valence-electron chi connectivity index (χ0n) is 8.51. The van der Waals surface area contributed by atoms with Gasteiger partial charge in [-0.2, -0.15) is 5.10 Å². The summed E-state index contributed by atoms with van der Waals surface area (Å²) in [6.45, 7) is 2.89. The Morgan fingerprint density at radius 1 is 1.60 bits per heavy atom. The second kappa shape index (κ2) is 4.13. The number of nitrogens with zero attached hydrogens (tertiary/aromatic N) is 2. The van der Waals surface area contributed by atoms with Gasteiger partial charge < -0.3 is 4.42 Å². The fourth-order valence-electron chi connectivity index (χ4n) is 1.38. The van der Waals surface area contributed by atoms with Gasteiger partial charge in [0.1, 0.15) is 0 Å². The van der Waals surface area contributed by atoms with Crippen molar-refractivity contribution in [1.29, 1.82) is 0 Å². The molecule has 0 saturated heterocycles. The summed E-state index contributed by atoms with van der Waals surface area (Å²) in [6, 6.07) is 3.35. The Hall–Kier alpha value is -1.84. The van der Waals surface area contributed by atoms with Crippen LogP contribution >= 0.6 is 0 Å². The molecule has 2 aromatic rings. The normalized spacial score (nSPS) is 10.5. The van der Waals surface area contributed by atoms with Gasteiger partial charge in [-0.25, -0.2) is 0 Å². The van der Waals surface area contributed by atoms with Crippen LogP contribution in [0.3, 0.4) is 0 Å². The number of ketones is 1. The predicted molar refractivity (Wildman–Crippen MR) is 54.7 cm³/mol. The topological polar surface area (TPSA) is 48.0 Å². The summed E-state index contributed by atoms with van der Waals surface area (Å²) < 4.78 is 6.79. The van der Waals surface area contributed by atoms with E-state index in [0.29, 0.717) is 11.3 Å². The zero-order chi connectivity index (χ0) is 10.7. The van der Waals surface area contributed by atoms with E-state index in [1.165, 1.54) is 6.26 Å². The molecule has 0 bridgehead atoms. The molecule has 78 valence electrons. The summed E-state index contributed by atoms with van der Waals surface area (Å²) in [6.07, 6.45) is 5.80. The maximum Gasteiger partial charge on any atom is 0.231 e. The molecule has 0 spiro atoms. The fourth-order valence-corrected chi connectivity index (χ4v) is 1.38. The van der Waals surface area contributed by atoms with Gasteiger partial charge in [0.05, 0.1) is 18.0 Å². The highest BCUT2D eigenvalue weighted by Gasteiger charge is 2.13. The van der Waals surface area contributed by atoms with E-state index < -0.39 is 0 Å². The lowest BCUT2D eigenvalue weighted by Crippen LogP contribution is -1.99. The molecule has 0 amide bonds. The molecule has 2 aromatic heterocycles. The minimum absolute atomic E-state index is 0.123. The maximum atomic E-state index is 11.8. The van der Waals surface area contributed by atoms with Crippen molar-refractivity contribution >= 4 is 5.78 Å². The molecule has 2 heterocycles. The van der Waals surface area contributed by atoms with E-state index in [1.807, 2.05) is 0 Å². The van der Waals surface area contributed by atoms with Crippen LogP contribution < -0.4 is 0 Å². The van der Waals surface area contributed by atoms with Gasteiger partial charge in [0.2, 0.25) is 5.78 Å². The van der Waals surface area contributed by atoms with Gasteiger partial charge in [-0.05, 0) is 18.6 Å². The lowest BCUT2D eigenvalue weighted by atomic mass is 10.2. The van der Waals surface area contributed by atoms with Crippen molar-refractivity contribution in [3.8, 4) is 0 Å². The van der Waals surface area contributed by atoms with Gasteiger partial charge in [0.15, 0.2) is 5.76 Å². The SMILES string of the molecule is CCCn1cc(C(=O)c2ccco2)cn1. The summed E-state index contributed by atoms with van der Waals surface area (Å²) in [5.74, 6) is 0.230. The van der Waals surface area contributed by atoms with E-state index in [4.69, 9.17) is 4.42 Å². The molecule has 0 N–H and O–H groups in total. The standard InChI is InChI=1S/C11H12N2O2/c1-2-5-13-8-9(7-12-13)11(14)10-4-3-6-15-10/h3-4,6-8H,2,5H2,1H3. The van der Waals surface area contributed by atoms with Gasteiger partial charge in [-0.1, -0.05) is 6.92 Å². The lowest BCUT2D eigenvalue weighted by molar-refractivity contribution is 0.101. The van der Waals surface area contributed by atoms with Crippen LogP contribution in [0.25, 0.3) is 0 Å². The summed E-state index contributed by atoms with van der Waals surface area (Å²) >= 11 is 0. The van der Waals surface area contributed by atoms with Gasteiger partial charge in [-0.3, -0.25) is 9.48 Å². The molecule has 4 nitrogen and oxygen atoms in total. The van der Waals surface area contributed by atoms with Crippen LogP contribution in [0, 0.1) is 0 Å². The highest BCUT2D eigenvalue weighted by Crippen LogP contribution is 2.09. The largest absolute Gasteiger partial charge is 0.461 e. The molecule has 0 aromatic carbocycles. The van der Waals surface area contributed by atoms with Crippen molar-refractivity contribution in [2.75, 3.05) is 0 Å². The van der Waals surface area contributed by atoms with Crippen molar-refractivity contribution in [2.24, 2.45) is 0 Å². The smallest absolute Gasteiger partial charge is 0.231 e. The average Bonchev–Trinajstić information content (AvgIpc) is 2.87. The molecule has 0 aliphatic rings. The molecule has 2 rings (SSSR count). The van der Waals surface area contributed by atoms with Crippen LogP contribution in [0.15, 0.2) is 35.2 Å². The minimum Gasteiger partial charge on any atom is -0.461 e. The fraction of sp³-hybridized carbons (Fsp3) is 0.273. The molecule has 0 aliphatic carbocycles. The van der Waals surface area contributed by atoms with Crippen molar-refractivity contribution in [2.45, 2.75) is 19.9 Å². The third-order valence-corrected chi connectivity index (χ3v) is 2.09. The molecule has 0 radical (unpaired) electrons. The molecular weight excluding hydrogens is 192 g/mol. The second-order valence-electron chi connectivity index (χ2n) is 3.30. The van der Waals surface area contributed by atoms with Crippen molar-refractivity contribution < 1.29 is 9.21 Å². The van der Waals surface area contributed by atoms with E-state index in [0.717, 1.165) is 13.0 Å². The Morgan fingerprint density at radius 3 is 3.13 bits per heavy atom. The van der Waals surface area contributed by atoms with Crippen LogP contribution in [0.1, 0.15) is 29.5 Å². The zero-order valence-corrected chi connectivity index (χ0v) is 8.51. The van der Waals surface area contributed by atoms with E-state index in [1.54, 1.807) is 29.2 Å². The van der Waals surface area contributed by atoms with Crippen molar-refractivity contribution in [3.05, 3.63) is 42.1 Å². The Labute approximate surface area is 87.5 Å². The van der Waals surface area contributed by atoms with E-state index in [-0.39, 0.29) is 5.78 Å². The molecule has 0 fully saturated rings. The summed E-state index contributed by atoms with van der Waals surface area (Å²) in [5, 5.41) is 4.09. The molecule has 0 atom stereocenters. The summed E-state index contributed by atoms with van der Waals surface area (Å²) in [7, 11) is 0. The quantitative estimate of drug-likeness (QED) is 0.716. The Bertz CT molecular complexity index is 443. The van der Waals surface area contributed by atoms with Crippen molar-refractivity contribution in [3.63, 3.8) is 0 Å². The maximum absolute atomic E-state index is 11.8. The van der Waals surface area contributed by atoms with Gasteiger partial charge in [0.25, 0.3) is 0 Å². The monoisotopic (exact) mass is 204 g/mol. The highest BCUT2D eigenvalue weighted by atomic mass is 16.3. The van der Waals surface area contributed by atoms with Crippen molar-refractivity contribution in [1.82, 2.24) is 9.78 Å². The summed E-state index contributed by atoms with van der Waals surface area (Å²) in [5.41, 5.74) is 0.568. The third-order valence-electron chi connectivity index (χ3n) is 2.09. The van der Waals surface area contributed by atoms with Crippen LogP contribution in [0.4, 0.5) is 0 Å². The highest BCUT2D eigenvalue weighted by molar-refractivity contribution is 6.06. The molecule has 0 unspecified atom stereocenters. The number of carbonyl (C=O) groups excluding carboxylic acids is 1. The number of rotatable bonds is 4. The van der Waals surface area contributed by atoms with Crippen LogP contribution in [-0.2, 0) is 6.54 Å². The average molecular weight is 204 g/mol. The summed E-state index contributed by atoms with van der Waals surface area (Å²) in [4.78, 5) is 11.8. The first-order valence-corrected chi connectivity index (χ1v) is 4.92. The first-order valence-electron chi connectivity index (χ1n) is 4.92. The third kappa shape index (κ3) is 1.98. The van der Waals surface area contributed by atoms with Crippen LogP contribution in [0.2, 0.25) is 0 Å². The number of aryl methyl sites for hydroxylation is 1. The molecule has 0 saturated carbocycles. The van der Waals surface area contributed by atoms with E-state index in [9.17, 15) is 4.79 Å².